The zero-order chi connectivity index (χ0) is 18.7. The zero-order valence-electron chi connectivity index (χ0n) is 14.8. The molecule has 0 saturated heterocycles. The molecule has 0 spiro atoms. The molecule has 3 rings (SSSR count). The minimum Gasteiger partial charge on any atom is -0.200 e. The molecule has 4 nitrogen and oxygen atoms in total. The van der Waals surface area contributed by atoms with Gasteiger partial charge in [0, 0.05) is 4.88 Å². The van der Waals surface area contributed by atoms with E-state index in [0.717, 1.165) is 15.3 Å². The Hall–Kier alpha value is -1.96. The van der Waals surface area contributed by atoms with E-state index in [2.05, 4.69) is 5.10 Å². The highest BCUT2D eigenvalue weighted by Gasteiger charge is 2.30. The molecule has 0 amide bonds. The van der Waals surface area contributed by atoms with Gasteiger partial charge in [0.15, 0.2) is 0 Å². The number of nitrogens with zero attached hydrogens (tertiary/aromatic N) is 2. The topological polar surface area (TPSA) is 49.7 Å². The predicted octanol–water partition coefficient (Wildman–Crippen LogP) is 5.29. The van der Waals surface area contributed by atoms with Crippen LogP contribution in [0.25, 0.3) is 0 Å². The fraction of sp³-hybridized carbons (Fsp3) is 0.211. The Morgan fingerprint density at radius 1 is 1.04 bits per heavy atom. The van der Waals surface area contributed by atoms with Gasteiger partial charge in [-0.2, -0.15) is 17.9 Å². The Labute approximate surface area is 162 Å². The first-order chi connectivity index (χ1) is 12.4. The third-order valence-electron chi connectivity index (χ3n) is 3.98. The number of hydrogen-bond acceptors (Lipinski definition) is 5. The van der Waals surface area contributed by atoms with Crippen molar-refractivity contribution in [1.82, 2.24) is 4.41 Å². The maximum Gasteiger partial charge on any atom is 0.279 e. The van der Waals surface area contributed by atoms with Gasteiger partial charge in [0.25, 0.3) is 10.0 Å². The highest BCUT2D eigenvalue weighted by Crippen LogP contribution is 2.31. The van der Waals surface area contributed by atoms with Gasteiger partial charge in [-0.1, -0.05) is 29.8 Å². The molecule has 0 N–H and O–H groups in total. The van der Waals surface area contributed by atoms with Gasteiger partial charge in [-0.15, -0.1) is 22.7 Å². The normalized spacial score (nSPS) is 13.6. The van der Waals surface area contributed by atoms with Crippen molar-refractivity contribution in [3.8, 4) is 0 Å². The summed E-state index contributed by atoms with van der Waals surface area (Å²) in [5.74, 6) is 0. The molecule has 2 aromatic heterocycles. The number of hydrogen-bond donors (Lipinski definition) is 0. The van der Waals surface area contributed by atoms with Crippen LogP contribution in [-0.2, 0) is 10.0 Å². The van der Waals surface area contributed by atoms with Crippen LogP contribution in [0.1, 0.15) is 35.2 Å². The average molecular weight is 405 g/mol. The molecule has 1 unspecified atom stereocenters. The lowest BCUT2D eigenvalue weighted by molar-refractivity contribution is 0.362. The molecule has 7 heteroatoms. The highest BCUT2D eigenvalue weighted by molar-refractivity contribution is 7.89. The number of benzene rings is 1. The molecule has 2 heterocycles. The largest absolute Gasteiger partial charge is 0.279 e. The van der Waals surface area contributed by atoms with E-state index in [-0.39, 0.29) is 4.90 Å². The second-order valence-electron chi connectivity index (χ2n) is 5.94. The van der Waals surface area contributed by atoms with E-state index in [1.165, 1.54) is 15.8 Å². The first-order valence-corrected chi connectivity index (χ1v) is 11.3. The van der Waals surface area contributed by atoms with Gasteiger partial charge in [-0.25, -0.2) is 0 Å². The van der Waals surface area contributed by atoms with Gasteiger partial charge in [0.05, 0.1) is 21.5 Å². The minimum atomic E-state index is -3.77. The van der Waals surface area contributed by atoms with Crippen LogP contribution in [0.15, 0.2) is 69.3 Å². The third-order valence-corrected chi connectivity index (χ3v) is 7.76. The van der Waals surface area contributed by atoms with E-state index in [1.807, 2.05) is 55.8 Å². The molecule has 0 bridgehead atoms. The number of sulfonamides is 1. The number of hydrazone groups is 1. The van der Waals surface area contributed by atoms with Crippen molar-refractivity contribution < 1.29 is 8.42 Å². The van der Waals surface area contributed by atoms with E-state index in [1.54, 1.807) is 35.6 Å². The fourth-order valence-electron chi connectivity index (χ4n) is 2.49. The molecule has 0 aliphatic carbocycles. The van der Waals surface area contributed by atoms with Gasteiger partial charge in [0.2, 0.25) is 0 Å². The SMILES string of the molecule is C/C(=N\N(C(C)c1cccs1)S(=O)(=O)c1ccc(C)cc1)c1cccs1. The summed E-state index contributed by atoms with van der Waals surface area (Å²) in [6.45, 7) is 5.63. The standard InChI is InChI=1S/C19H20N2O2S3/c1-14-8-10-17(11-9-14)26(22,23)21(16(3)19-7-5-13-25-19)20-15(2)18-6-4-12-24-18/h4-13,16H,1-3H3/b20-15+. The smallest absolute Gasteiger partial charge is 0.200 e. The second-order valence-corrected chi connectivity index (χ2v) is 9.67. The van der Waals surface area contributed by atoms with Gasteiger partial charge in [-0.05, 0) is 55.8 Å². The molecule has 0 aliphatic heterocycles. The van der Waals surface area contributed by atoms with E-state index in [4.69, 9.17) is 0 Å². The minimum absolute atomic E-state index is 0.245. The molecular weight excluding hydrogens is 384 g/mol. The summed E-state index contributed by atoms with van der Waals surface area (Å²) in [5, 5.41) is 8.42. The molecule has 0 aliphatic rings. The first kappa shape index (κ1) is 18.8. The zero-order valence-corrected chi connectivity index (χ0v) is 17.2. The van der Waals surface area contributed by atoms with Crippen LogP contribution in [0.4, 0.5) is 0 Å². The molecule has 0 radical (unpaired) electrons. The summed E-state index contributed by atoms with van der Waals surface area (Å²) in [6.07, 6.45) is 0. The third kappa shape index (κ3) is 3.90. The lowest BCUT2D eigenvalue weighted by atomic mass is 10.2. The molecular formula is C19H20N2O2S3. The fourth-order valence-corrected chi connectivity index (χ4v) is 5.45. The summed E-state index contributed by atoms with van der Waals surface area (Å²) >= 11 is 3.07. The molecule has 1 aromatic carbocycles. The van der Waals surface area contributed by atoms with Gasteiger partial charge in [0.1, 0.15) is 0 Å². The quantitative estimate of drug-likeness (QED) is 0.414. The van der Waals surface area contributed by atoms with Crippen LogP contribution in [-0.4, -0.2) is 18.5 Å². The Bertz CT molecular complexity index is 974. The van der Waals surface area contributed by atoms with E-state index in [0.29, 0.717) is 5.71 Å². The van der Waals surface area contributed by atoms with Gasteiger partial charge in [-0.3, -0.25) is 0 Å². The monoisotopic (exact) mass is 404 g/mol. The molecule has 26 heavy (non-hydrogen) atoms. The molecule has 136 valence electrons. The second kappa shape index (κ2) is 7.73. The predicted molar refractivity (Wildman–Crippen MR) is 109 cm³/mol. The molecule has 0 fully saturated rings. The van der Waals surface area contributed by atoms with Crippen molar-refractivity contribution >= 4 is 38.4 Å². The molecule has 1 atom stereocenters. The van der Waals surface area contributed by atoms with Crippen molar-refractivity contribution in [1.29, 1.82) is 0 Å². The van der Waals surface area contributed by atoms with Crippen LogP contribution < -0.4 is 0 Å². The van der Waals surface area contributed by atoms with Crippen molar-refractivity contribution in [3.63, 3.8) is 0 Å². The number of thiophene rings is 2. The van der Waals surface area contributed by atoms with Crippen LogP contribution in [0, 0.1) is 6.92 Å². The van der Waals surface area contributed by atoms with Crippen LogP contribution in [0.3, 0.4) is 0 Å². The summed E-state index contributed by atoms with van der Waals surface area (Å²) in [6, 6.07) is 14.2. The molecule has 0 saturated carbocycles. The highest BCUT2D eigenvalue weighted by atomic mass is 32.2. The lowest BCUT2D eigenvalue weighted by Gasteiger charge is -2.26. The van der Waals surface area contributed by atoms with Crippen LogP contribution in [0.5, 0.6) is 0 Å². The summed E-state index contributed by atoms with van der Waals surface area (Å²) < 4.78 is 27.9. The van der Waals surface area contributed by atoms with Crippen molar-refractivity contribution in [2.45, 2.75) is 31.7 Å². The van der Waals surface area contributed by atoms with Crippen molar-refractivity contribution in [2.75, 3.05) is 0 Å². The van der Waals surface area contributed by atoms with Crippen molar-refractivity contribution in [2.24, 2.45) is 5.10 Å². The summed E-state index contributed by atoms with van der Waals surface area (Å²) in [7, 11) is -3.77. The first-order valence-electron chi connectivity index (χ1n) is 8.13. The Morgan fingerprint density at radius 2 is 1.69 bits per heavy atom. The van der Waals surface area contributed by atoms with Crippen molar-refractivity contribution in [3.05, 3.63) is 74.6 Å². The average Bonchev–Trinajstić information content (AvgIpc) is 3.32. The lowest BCUT2D eigenvalue weighted by Crippen LogP contribution is -2.29. The maximum absolute atomic E-state index is 13.3. The molecule has 3 aromatic rings. The van der Waals surface area contributed by atoms with Crippen LogP contribution >= 0.6 is 22.7 Å². The number of rotatable bonds is 6. The summed E-state index contributed by atoms with van der Waals surface area (Å²) in [4.78, 5) is 2.14. The Kier molecular flexibility index (Phi) is 5.60. The van der Waals surface area contributed by atoms with E-state index in [9.17, 15) is 8.42 Å². The van der Waals surface area contributed by atoms with E-state index >= 15 is 0 Å². The Morgan fingerprint density at radius 3 is 2.27 bits per heavy atom. The Balaban J connectivity index is 2.08. The maximum atomic E-state index is 13.3. The van der Waals surface area contributed by atoms with Crippen LogP contribution in [0.2, 0.25) is 0 Å². The van der Waals surface area contributed by atoms with Gasteiger partial charge >= 0.3 is 0 Å². The summed E-state index contributed by atoms with van der Waals surface area (Å²) in [5.41, 5.74) is 1.69. The number of aryl methyl sites for hydroxylation is 1. The van der Waals surface area contributed by atoms with Gasteiger partial charge < -0.3 is 0 Å². The van der Waals surface area contributed by atoms with E-state index < -0.39 is 16.1 Å².